The fourth-order valence-corrected chi connectivity index (χ4v) is 3.96. The number of anilines is 2. The van der Waals surface area contributed by atoms with Gasteiger partial charge in [-0.3, -0.25) is 9.59 Å². The molecule has 0 fully saturated rings. The zero-order valence-electron chi connectivity index (χ0n) is 17.6. The molecule has 9 heteroatoms. The van der Waals surface area contributed by atoms with Crippen molar-refractivity contribution < 1.29 is 19.1 Å². The molecule has 2 heterocycles. The standard InChI is InChI=1S/C22H23FN4O3S/c1-22(2,30)13-6-7-14(16(23)9-13)17-10-15(19(24)28)20(31-17)26-18-8-5-12(11-25-18)21(29)27(3)4/h5-11,30H,1-4H3,(H2,24,28)(H,25,26). The maximum Gasteiger partial charge on any atom is 0.254 e. The third-order valence-corrected chi connectivity index (χ3v) is 5.68. The summed E-state index contributed by atoms with van der Waals surface area (Å²) < 4.78 is 14.7. The van der Waals surface area contributed by atoms with Gasteiger partial charge in [0.05, 0.1) is 16.7 Å². The molecular weight excluding hydrogens is 419 g/mol. The van der Waals surface area contributed by atoms with Crippen molar-refractivity contribution in [3.63, 3.8) is 0 Å². The van der Waals surface area contributed by atoms with E-state index >= 15 is 0 Å². The van der Waals surface area contributed by atoms with E-state index in [0.29, 0.717) is 26.8 Å². The summed E-state index contributed by atoms with van der Waals surface area (Å²) in [5.74, 6) is -0.963. The highest BCUT2D eigenvalue weighted by Gasteiger charge is 2.21. The zero-order valence-corrected chi connectivity index (χ0v) is 18.4. The van der Waals surface area contributed by atoms with Crippen molar-refractivity contribution in [2.45, 2.75) is 19.4 Å². The van der Waals surface area contributed by atoms with E-state index in [2.05, 4.69) is 10.3 Å². The maximum atomic E-state index is 14.7. The van der Waals surface area contributed by atoms with Gasteiger partial charge in [0.2, 0.25) is 0 Å². The number of amides is 2. The van der Waals surface area contributed by atoms with Crippen LogP contribution < -0.4 is 11.1 Å². The van der Waals surface area contributed by atoms with Gasteiger partial charge in [-0.25, -0.2) is 9.37 Å². The summed E-state index contributed by atoms with van der Waals surface area (Å²) in [6.07, 6.45) is 1.43. The van der Waals surface area contributed by atoms with Crippen LogP contribution in [0.1, 0.15) is 40.1 Å². The quantitative estimate of drug-likeness (QED) is 0.539. The lowest BCUT2D eigenvalue weighted by Crippen LogP contribution is -2.21. The van der Waals surface area contributed by atoms with Crippen LogP contribution >= 0.6 is 11.3 Å². The molecule has 0 aliphatic carbocycles. The van der Waals surface area contributed by atoms with Gasteiger partial charge in [-0.05, 0) is 43.7 Å². The van der Waals surface area contributed by atoms with Gasteiger partial charge in [0, 0.05) is 30.7 Å². The Kier molecular flexibility index (Phi) is 6.10. The molecule has 7 nitrogen and oxygen atoms in total. The Bertz CT molecular complexity index is 1130. The van der Waals surface area contributed by atoms with Crippen molar-refractivity contribution in [3.05, 3.63) is 65.1 Å². The SMILES string of the molecule is CN(C)C(=O)c1ccc(Nc2sc(-c3ccc(C(C)(C)O)cc3F)cc2C(N)=O)nc1. The minimum atomic E-state index is -1.17. The molecule has 2 amide bonds. The monoisotopic (exact) mass is 442 g/mol. The van der Waals surface area contributed by atoms with Crippen molar-refractivity contribution in [2.75, 3.05) is 19.4 Å². The summed E-state index contributed by atoms with van der Waals surface area (Å²) in [6.45, 7) is 3.15. The zero-order chi connectivity index (χ0) is 22.9. The van der Waals surface area contributed by atoms with Gasteiger partial charge in [-0.15, -0.1) is 11.3 Å². The van der Waals surface area contributed by atoms with E-state index in [1.165, 1.54) is 23.2 Å². The molecule has 3 aromatic rings. The number of hydrogen-bond acceptors (Lipinski definition) is 6. The summed E-state index contributed by atoms with van der Waals surface area (Å²) in [6, 6.07) is 9.21. The Hall–Kier alpha value is -3.30. The van der Waals surface area contributed by atoms with Crippen LogP contribution in [0.4, 0.5) is 15.2 Å². The average Bonchev–Trinajstić information content (AvgIpc) is 3.11. The van der Waals surface area contributed by atoms with E-state index < -0.39 is 17.3 Å². The molecule has 0 unspecified atom stereocenters. The third-order valence-electron chi connectivity index (χ3n) is 4.60. The predicted molar refractivity (Wildman–Crippen MR) is 119 cm³/mol. The number of hydrogen-bond donors (Lipinski definition) is 3. The number of aromatic nitrogens is 1. The molecule has 0 saturated carbocycles. The number of pyridine rings is 1. The molecule has 0 aliphatic heterocycles. The minimum absolute atomic E-state index is 0.180. The highest BCUT2D eigenvalue weighted by Crippen LogP contribution is 2.38. The van der Waals surface area contributed by atoms with E-state index in [0.717, 1.165) is 11.3 Å². The molecule has 0 radical (unpaired) electrons. The lowest BCUT2D eigenvalue weighted by atomic mass is 9.96. The first-order valence-corrected chi connectivity index (χ1v) is 10.2. The topological polar surface area (TPSA) is 109 Å². The summed E-state index contributed by atoms with van der Waals surface area (Å²) in [5.41, 5.74) is 5.68. The van der Waals surface area contributed by atoms with Crippen molar-refractivity contribution in [2.24, 2.45) is 5.73 Å². The molecule has 0 bridgehead atoms. The first-order chi connectivity index (χ1) is 14.5. The predicted octanol–water partition coefficient (Wildman–Crippen LogP) is 3.72. The summed E-state index contributed by atoms with van der Waals surface area (Å²) in [7, 11) is 3.29. The highest BCUT2D eigenvalue weighted by atomic mass is 32.1. The molecule has 3 rings (SSSR count). The number of nitrogens with zero attached hydrogens (tertiary/aromatic N) is 2. The van der Waals surface area contributed by atoms with E-state index in [1.807, 2.05) is 0 Å². The molecular formula is C22H23FN4O3S. The second kappa shape index (κ2) is 8.44. The van der Waals surface area contributed by atoms with Crippen molar-refractivity contribution in [1.82, 2.24) is 9.88 Å². The van der Waals surface area contributed by atoms with Gasteiger partial charge in [-0.2, -0.15) is 0 Å². The molecule has 0 aliphatic rings. The molecule has 0 spiro atoms. The number of nitrogens with one attached hydrogen (secondary N) is 1. The Labute approximate surface area is 183 Å². The number of benzene rings is 1. The van der Waals surface area contributed by atoms with Crippen LogP contribution in [0.3, 0.4) is 0 Å². The van der Waals surface area contributed by atoms with Gasteiger partial charge in [0.15, 0.2) is 0 Å². The van der Waals surface area contributed by atoms with Crippen LogP contribution in [-0.4, -0.2) is 40.9 Å². The fourth-order valence-electron chi connectivity index (χ4n) is 2.86. The van der Waals surface area contributed by atoms with Gasteiger partial charge >= 0.3 is 0 Å². The molecule has 31 heavy (non-hydrogen) atoms. The number of primary amides is 1. The van der Waals surface area contributed by atoms with Crippen molar-refractivity contribution in [1.29, 1.82) is 0 Å². The maximum absolute atomic E-state index is 14.7. The average molecular weight is 443 g/mol. The smallest absolute Gasteiger partial charge is 0.254 e. The first-order valence-electron chi connectivity index (χ1n) is 9.38. The molecule has 4 N–H and O–H groups in total. The number of carbonyl (C=O) groups is 2. The molecule has 1 aromatic carbocycles. The van der Waals surface area contributed by atoms with E-state index in [-0.39, 0.29) is 17.0 Å². The van der Waals surface area contributed by atoms with Crippen LogP contribution in [0.5, 0.6) is 0 Å². The highest BCUT2D eigenvalue weighted by molar-refractivity contribution is 7.19. The minimum Gasteiger partial charge on any atom is -0.386 e. The van der Waals surface area contributed by atoms with Crippen LogP contribution in [-0.2, 0) is 5.60 Å². The summed E-state index contributed by atoms with van der Waals surface area (Å²) >= 11 is 1.15. The lowest BCUT2D eigenvalue weighted by Gasteiger charge is -2.18. The number of carbonyl (C=O) groups excluding carboxylic acids is 2. The fraction of sp³-hybridized carbons (Fsp3) is 0.227. The Morgan fingerprint density at radius 3 is 2.42 bits per heavy atom. The number of nitrogens with two attached hydrogens (primary N) is 1. The van der Waals surface area contributed by atoms with E-state index in [4.69, 9.17) is 5.73 Å². The second-order valence-electron chi connectivity index (χ2n) is 7.73. The second-order valence-corrected chi connectivity index (χ2v) is 8.78. The van der Waals surface area contributed by atoms with Crippen LogP contribution in [0, 0.1) is 5.82 Å². The lowest BCUT2D eigenvalue weighted by molar-refractivity contribution is 0.0781. The van der Waals surface area contributed by atoms with Crippen LogP contribution in [0.25, 0.3) is 10.4 Å². The normalized spacial score (nSPS) is 11.3. The summed E-state index contributed by atoms with van der Waals surface area (Å²) in [5, 5.41) is 13.5. The third kappa shape index (κ3) is 4.89. The van der Waals surface area contributed by atoms with Crippen molar-refractivity contribution >= 4 is 34.0 Å². The number of rotatable bonds is 6. The largest absolute Gasteiger partial charge is 0.386 e. The van der Waals surface area contributed by atoms with Gasteiger partial charge < -0.3 is 21.1 Å². The molecule has 2 aromatic heterocycles. The van der Waals surface area contributed by atoms with Crippen molar-refractivity contribution in [3.8, 4) is 10.4 Å². The van der Waals surface area contributed by atoms with Crippen LogP contribution in [0.15, 0.2) is 42.6 Å². The number of halogens is 1. The van der Waals surface area contributed by atoms with Gasteiger partial charge in [-0.1, -0.05) is 12.1 Å². The Morgan fingerprint density at radius 2 is 1.90 bits per heavy atom. The first kappa shape index (κ1) is 22.4. The Morgan fingerprint density at radius 1 is 1.19 bits per heavy atom. The van der Waals surface area contributed by atoms with Gasteiger partial charge in [0.1, 0.15) is 16.6 Å². The number of aliphatic hydroxyl groups is 1. The summed E-state index contributed by atoms with van der Waals surface area (Å²) in [4.78, 5) is 30.1. The number of thiophene rings is 1. The van der Waals surface area contributed by atoms with E-state index in [1.54, 1.807) is 52.2 Å². The Balaban J connectivity index is 1.93. The molecule has 162 valence electrons. The van der Waals surface area contributed by atoms with E-state index in [9.17, 15) is 19.1 Å². The molecule has 0 saturated heterocycles. The van der Waals surface area contributed by atoms with Gasteiger partial charge in [0.25, 0.3) is 11.8 Å². The van der Waals surface area contributed by atoms with Crippen LogP contribution in [0.2, 0.25) is 0 Å². The molecule has 0 atom stereocenters.